The van der Waals surface area contributed by atoms with Gasteiger partial charge in [-0.1, -0.05) is 0 Å². The fourth-order valence-electron chi connectivity index (χ4n) is 2.42. The predicted molar refractivity (Wildman–Crippen MR) is 99.0 cm³/mol. The van der Waals surface area contributed by atoms with E-state index in [-0.39, 0.29) is 5.75 Å². The van der Waals surface area contributed by atoms with Crippen molar-refractivity contribution >= 4 is 28.5 Å². The van der Waals surface area contributed by atoms with Crippen molar-refractivity contribution in [2.45, 2.75) is 18.1 Å². The summed E-state index contributed by atoms with van der Waals surface area (Å²) >= 11 is 1.64. The van der Waals surface area contributed by atoms with Gasteiger partial charge >= 0.3 is 0 Å². The van der Waals surface area contributed by atoms with E-state index in [1.54, 1.807) is 37.4 Å². The minimum absolute atomic E-state index is 0.178. The summed E-state index contributed by atoms with van der Waals surface area (Å²) in [7, 11) is 1.60. The van der Waals surface area contributed by atoms with Gasteiger partial charge < -0.3 is 14.2 Å². The fraction of sp³-hybridized carbons (Fsp3) is 0.211. The van der Waals surface area contributed by atoms with E-state index in [2.05, 4.69) is 9.71 Å². The maximum atomic E-state index is 14.4. The van der Waals surface area contributed by atoms with Crippen molar-refractivity contribution in [1.82, 2.24) is 4.98 Å². The van der Waals surface area contributed by atoms with Gasteiger partial charge in [0, 0.05) is 28.6 Å². The number of fused-ring (bicyclic) bond motifs is 1. The summed E-state index contributed by atoms with van der Waals surface area (Å²) in [6.45, 7) is 0. The highest BCUT2D eigenvalue weighted by atomic mass is 32.2. The van der Waals surface area contributed by atoms with Crippen LogP contribution < -0.4 is 14.2 Å². The number of hydrogen-bond acceptors (Lipinski definition) is 5. The lowest BCUT2D eigenvalue weighted by Gasteiger charge is -2.11. The molecule has 1 saturated carbocycles. The van der Waals surface area contributed by atoms with Crippen molar-refractivity contribution in [2.24, 2.45) is 0 Å². The van der Waals surface area contributed by atoms with Crippen LogP contribution in [0.4, 0.5) is 10.1 Å². The second kappa shape index (κ2) is 6.80. The standard InChI is InChI=1S/C19H17FN2O2S/c1-23-13-3-6-17-15(11-13)18(8-9-21-17)24-19-7-2-12(10-16(19)20)22-25-14-4-5-14/h2-3,6-11,14,22H,4-5H2,1H3. The van der Waals surface area contributed by atoms with Crippen LogP contribution in [0.15, 0.2) is 48.7 Å². The lowest BCUT2D eigenvalue weighted by Crippen LogP contribution is -1.94. The zero-order valence-corrected chi connectivity index (χ0v) is 14.5. The number of anilines is 1. The Morgan fingerprint density at radius 1 is 1.12 bits per heavy atom. The number of nitrogens with one attached hydrogen (secondary N) is 1. The minimum atomic E-state index is -0.408. The van der Waals surface area contributed by atoms with Crippen LogP contribution in [0.2, 0.25) is 0 Å². The van der Waals surface area contributed by atoms with E-state index in [4.69, 9.17) is 9.47 Å². The molecule has 2 aromatic carbocycles. The van der Waals surface area contributed by atoms with Crippen LogP contribution in [0, 0.1) is 5.82 Å². The highest BCUT2D eigenvalue weighted by molar-refractivity contribution is 8.01. The van der Waals surface area contributed by atoms with Crippen molar-refractivity contribution < 1.29 is 13.9 Å². The molecular weight excluding hydrogens is 339 g/mol. The van der Waals surface area contributed by atoms with Crippen molar-refractivity contribution in [1.29, 1.82) is 0 Å². The van der Waals surface area contributed by atoms with Crippen LogP contribution in [-0.2, 0) is 0 Å². The van der Waals surface area contributed by atoms with E-state index in [1.165, 1.54) is 18.9 Å². The first-order chi connectivity index (χ1) is 12.2. The Labute approximate surface area is 149 Å². The van der Waals surface area contributed by atoms with Gasteiger partial charge in [0.25, 0.3) is 0 Å². The van der Waals surface area contributed by atoms with Gasteiger partial charge in [-0.15, -0.1) is 0 Å². The first-order valence-electron chi connectivity index (χ1n) is 8.05. The Kier molecular flexibility index (Phi) is 4.36. The van der Waals surface area contributed by atoms with E-state index in [9.17, 15) is 4.39 Å². The molecule has 6 heteroatoms. The summed E-state index contributed by atoms with van der Waals surface area (Å²) in [4.78, 5) is 4.30. The zero-order chi connectivity index (χ0) is 17.2. The maximum absolute atomic E-state index is 14.4. The van der Waals surface area contributed by atoms with E-state index in [1.807, 2.05) is 24.3 Å². The summed E-state index contributed by atoms with van der Waals surface area (Å²) < 4.78 is 28.6. The second-order valence-corrected chi connectivity index (χ2v) is 6.97. The largest absolute Gasteiger partial charge is 0.497 e. The van der Waals surface area contributed by atoms with Crippen molar-refractivity contribution in [3.8, 4) is 17.2 Å². The molecule has 0 aliphatic heterocycles. The molecule has 25 heavy (non-hydrogen) atoms. The normalized spacial score (nSPS) is 13.7. The number of ether oxygens (including phenoxy) is 2. The van der Waals surface area contributed by atoms with Crippen molar-refractivity contribution in [3.63, 3.8) is 0 Å². The number of halogens is 1. The molecular formula is C19H17FN2O2S. The quantitative estimate of drug-likeness (QED) is 0.599. The summed E-state index contributed by atoms with van der Waals surface area (Å²) in [5, 5.41) is 1.42. The molecule has 1 aromatic heterocycles. The summed E-state index contributed by atoms with van der Waals surface area (Å²) in [6.07, 6.45) is 4.09. The zero-order valence-electron chi connectivity index (χ0n) is 13.7. The third-order valence-corrected chi connectivity index (χ3v) is 5.09. The molecule has 0 unspecified atom stereocenters. The molecule has 0 amide bonds. The van der Waals surface area contributed by atoms with Crippen molar-refractivity contribution in [2.75, 3.05) is 11.8 Å². The lowest BCUT2D eigenvalue weighted by molar-refractivity contribution is 0.415. The van der Waals surface area contributed by atoms with Gasteiger partial charge in [0.2, 0.25) is 0 Å². The molecule has 1 aliphatic rings. The summed E-state index contributed by atoms with van der Waals surface area (Å²) in [6, 6.07) is 12.1. The van der Waals surface area contributed by atoms with Crippen LogP contribution in [-0.4, -0.2) is 17.3 Å². The molecule has 0 bridgehead atoms. The molecule has 0 saturated heterocycles. The topological polar surface area (TPSA) is 43.4 Å². The van der Waals surface area contributed by atoms with Gasteiger partial charge in [0.1, 0.15) is 11.5 Å². The Hall–Kier alpha value is -2.47. The number of methoxy groups -OCH3 is 1. The average molecular weight is 356 g/mol. The Morgan fingerprint density at radius 3 is 2.76 bits per heavy atom. The van der Waals surface area contributed by atoms with Gasteiger partial charge in [-0.2, -0.15) is 0 Å². The average Bonchev–Trinajstić information content (AvgIpc) is 3.46. The van der Waals surface area contributed by atoms with E-state index in [0.717, 1.165) is 16.6 Å². The third-order valence-electron chi connectivity index (χ3n) is 3.93. The lowest BCUT2D eigenvalue weighted by atomic mass is 10.2. The molecule has 1 heterocycles. The molecule has 4 nitrogen and oxygen atoms in total. The minimum Gasteiger partial charge on any atom is -0.497 e. The monoisotopic (exact) mass is 356 g/mol. The van der Waals surface area contributed by atoms with Gasteiger partial charge in [-0.3, -0.25) is 4.98 Å². The maximum Gasteiger partial charge on any atom is 0.167 e. The summed E-state index contributed by atoms with van der Waals surface area (Å²) in [5.74, 6) is 1.00. The smallest absolute Gasteiger partial charge is 0.167 e. The Balaban J connectivity index is 1.59. The van der Waals surface area contributed by atoms with Crippen LogP contribution >= 0.6 is 11.9 Å². The van der Waals surface area contributed by atoms with Gasteiger partial charge in [-0.05, 0) is 61.2 Å². The van der Waals surface area contributed by atoms with Crippen LogP contribution in [0.1, 0.15) is 12.8 Å². The van der Waals surface area contributed by atoms with Gasteiger partial charge in [0.05, 0.1) is 12.6 Å². The Morgan fingerprint density at radius 2 is 2.00 bits per heavy atom. The number of aromatic nitrogens is 1. The van der Waals surface area contributed by atoms with Crippen LogP contribution in [0.25, 0.3) is 10.9 Å². The molecule has 0 radical (unpaired) electrons. The number of benzene rings is 2. The number of nitrogens with zero attached hydrogens (tertiary/aromatic N) is 1. The molecule has 1 aliphatic carbocycles. The number of hydrogen-bond donors (Lipinski definition) is 1. The molecule has 0 spiro atoms. The molecule has 1 fully saturated rings. The first-order valence-corrected chi connectivity index (χ1v) is 8.93. The number of pyridine rings is 1. The molecule has 0 atom stereocenters. The van der Waals surface area contributed by atoms with E-state index < -0.39 is 5.82 Å². The predicted octanol–water partition coefficient (Wildman–Crippen LogP) is 5.40. The van der Waals surface area contributed by atoms with Crippen LogP contribution in [0.3, 0.4) is 0 Å². The molecule has 4 rings (SSSR count). The Bertz CT molecular complexity index is 915. The van der Waals surface area contributed by atoms with Crippen molar-refractivity contribution in [3.05, 3.63) is 54.5 Å². The summed E-state index contributed by atoms with van der Waals surface area (Å²) in [5.41, 5.74) is 1.50. The third kappa shape index (κ3) is 3.64. The van der Waals surface area contributed by atoms with Crippen LogP contribution in [0.5, 0.6) is 17.2 Å². The second-order valence-electron chi connectivity index (χ2n) is 5.86. The molecule has 3 aromatic rings. The van der Waals surface area contributed by atoms with Gasteiger partial charge in [-0.25, -0.2) is 4.39 Å². The van der Waals surface area contributed by atoms with E-state index >= 15 is 0 Å². The highest BCUT2D eigenvalue weighted by Gasteiger charge is 2.22. The van der Waals surface area contributed by atoms with E-state index in [0.29, 0.717) is 16.7 Å². The number of rotatable bonds is 6. The highest BCUT2D eigenvalue weighted by Crippen LogP contribution is 2.36. The van der Waals surface area contributed by atoms with Gasteiger partial charge in [0.15, 0.2) is 11.6 Å². The first kappa shape index (κ1) is 16.0. The SMILES string of the molecule is COc1ccc2nccc(Oc3ccc(NSC4CC4)cc3F)c2c1. The molecule has 128 valence electrons. The molecule has 1 N–H and O–H groups in total. The fourth-order valence-corrected chi connectivity index (χ4v) is 3.22.